The van der Waals surface area contributed by atoms with Crippen molar-refractivity contribution < 1.29 is 8.42 Å². The van der Waals surface area contributed by atoms with Crippen LogP contribution >= 0.6 is 0 Å². The smallest absolute Gasteiger partial charge is 0.151 e. The zero-order chi connectivity index (χ0) is 19.4. The van der Waals surface area contributed by atoms with E-state index in [0.29, 0.717) is 12.1 Å². The maximum atomic E-state index is 11.7. The van der Waals surface area contributed by atoms with Crippen LogP contribution < -0.4 is 5.32 Å². The Hall–Kier alpha value is -2.69. The van der Waals surface area contributed by atoms with Crippen LogP contribution in [0.2, 0.25) is 0 Å². The summed E-state index contributed by atoms with van der Waals surface area (Å²) >= 11 is 0. The molecule has 6 nitrogen and oxygen atoms in total. The van der Waals surface area contributed by atoms with Gasteiger partial charge in [-0.25, -0.2) is 13.4 Å². The fourth-order valence-electron chi connectivity index (χ4n) is 2.98. The van der Waals surface area contributed by atoms with E-state index >= 15 is 0 Å². The number of sulfone groups is 1. The molecule has 1 atom stereocenters. The SMILES string of the molecule is CCS(=O)(=O)CCNC(C)c1nc2ccccn2c1-c1ccc(C#N)cc1. The van der Waals surface area contributed by atoms with E-state index in [-0.39, 0.29) is 17.5 Å². The van der Waals surface area contributed by atoms with Gasteiger partial charge in [0.2, 0.25) is 0 Å². The Morgan fingerprint density at radius 3 is 2.63 bits per heavy atom. The average Bonchev–Trinajstić information content (AvgIpc) is 3.07. The highest BCUT2D eigenvalue weighted by atomic mass is 32.2. The van der Waals surface area contributed by atoms with Crippen molar-refractivity contribution in [3.8, 4) is 17.3 Å². The van der Waals surface area contributed by atoms with Gasteiger partial charge in [0.15, 0.2) is 9.84 Å². The van der Waals surface area contributed by atoms with Gasteiger partial charge < -0.3 is 5.32 Å². The Labute approximate surface area is 159 Å². The summed E-state index contributed by atoms with van der Waals surface area (Å²) < 4.78 is 25.5. The molecule has 27 heavy (non-hydrogen) atoms. The molecule has 0 bridgehead atoms. The molecule has 0 saturated heterocycles. The van der Waals surface area contributed by atoms with Crippen LogP contribution in [0.1, 0.15) is 31.1 Å². The molecule has 140 valence electrons. The maximum absolute atomic E-state index is 11.7. The summed E-state index contributed by atoms with van der Waals surface area (Å²) in [5, 5.41) is 12.3. The van der Waals surface area contributed by atoms with E-state index in [1.807, 2.05) is 47.9 Å². The molecule has 1 N–H and O–H groups in total. The molecule has 0 fully saturated rings. The van der Waals surface area contributed by atoms with Gasteiger partial charge >= 0.3 is 0 Å². The number of nitriles is 1. The summed E-state index contributed by atoms with van der Waals surface area (Å²) in [5.41, 5.74) is 4.16. The third kappa shape index (κ3) is 4.18. The molecule has 0 spiro atoms. The molecule has 2 aromatic heterocycles. The van der Waals surface area contributed by atoms with Gasteiger partial charge in [-0.2, -0.15) is 5.26 Å². The molecule has 7 heteroatoms. The Morgan fingerprint density at radius 2 is 1.96 bits per heavy atom. The van der Waals surface area contributed by atoms with Crippen LogP contribution in [0.15, 0.2) is 48.7 Å². The van der Waals surface area contributed by atoms with Crippen molar-refractivity contribution in [3.63, 3.8) is 0 Å². The molecule has 1 unspecified atom stereocenters. The minimum atomic E-state index is -3.01. The first-order chi connectivity index (χ1) is 12.9. The average molecular weight is 382 g/mol. The lowest BCUT2D eigenvalue weighted by atomic mass is 10.0. The lowest BCUT2D eigenvalue weighted by Gasteiger charge is -2.14. The number of nitrogens with zero attached hydrogens (tertiary/aromatic N) is 3. The fourth-order valence-corrected chi connectivity index (χ4v) is 3.70. The van der Waals surface area contributed by atoms with Gasteiger partial charge in [-0.15, -0.1) is 0 Å². The van der Waals surface area contributed by atoms with E-state index in [2.05, 4.69) is 11.4 Å². The Bertz CT molecular complexity index is 1080. The van der Waals surface area contributed by atoms with E-state index in [9.17, 15) is 8.42 Å². The summed E-state index contributed by atoms with van der Waals surface area (Å²) in [6.07, 6.45) is 1.95. The zero-order valence-corrected chi connectivity index (χ0v) is 16.2. The van der Waals surface area contributed by atoms with Crippen molar-refractivity contribution in [1.82, 2.24) is 14.7 Å². The molecule has 2 heterocycles. The van der Waals surface area contributed by atoms with Gasteiger partial charge in [0.25, 0.3) is 0 Å². The Kier molecular flexibility index (Phi) is 5.59. The lowest BCUT2D eigenvalue weighted by molar-refractivity contribution is 0.568. The zero-order valence-electron chi connectivity index (χ0n) is 15.4. The molecule has 0 aliphatic carbocycles. The van der Waals surface area contributed by atoms with Crippen molar-refractivity contribution in [2.45, 2.75) is 19.9 Å². The summed E-state index contributed by atoms with van der Waals surface area (Å²) in [6, 6.07) is 15.2. The topological polar surface area (TPSA) is 87.3 Å². The Morgan fingerprint density at radius 1 is 1.22 bits per heavy atom. The van der Waals surface area contributed by atoms with Crippen LogP contribution in [-0.2, 0) is 9.84 Å². The molecule has 0 aliphatic heterocycles. The molecule has 3 rings (SSSR count). The second-order valence-electron chi connectivity index (χ2n) is 6.38. The minimum Gasteiger partial charge on any atom is -0.308 e. The van der Waals surface area contributed by atoms with Gasteiger partial charge in [-0.3, -0.25) is 4.40 Å². The second-order valence-corrected chi connectivity index (χ2v) is 8.85. The van der Waals surface area contributed by atoms with Crippen molar-refractivity contribution in [2.24, 2.45) is 0 Å². The van der Waals surface area contributed by atoms with E-state index in [1.165, 1.54) is 0 Å². The molecule has 3 aromatic rings. The van der Waals surface area contributed by atoms with Gasteiger partial charge in [0, 0.05) is 30.1 Å². The summed E-state index contributed by atoms with van der Waals surface area (Å²) in [4.78, 5) is 4.75. The van der Waals surface area contributed by atoms with Gasteiger partial charge in [-0.1, -0.05) is 25.1 Å². The first-order valence-electron chi connectivity index (χ1n) is 8.86. The molecule has 0 aliphatic rings. The number of pyridine rings is 1. The number of imidazole rings is 1. The molecule has 1 aromatic carbocycles. The van der Waals surface area contributed by atoms with Gasteiger partial charge in [0.1, 0.15) is 5.65 Å². The third-order valence-corrected chi connectivity index (χ3v) is 6.26. The number of rotatable bonds is 7. The normalized spacial score (nSPS) is 12.8. The number of hydrogen-bond acceptors (Lipinski definition) is 5. The van der Waals surface area contributed by atoms with Crippen molar-refractivity contribution in [3.05, 3.63) is 59.9 Å². The van der Waals surface area contributed by atoms with Gasteiger partial charge in [-0.05, 0) is 31.2 Å². The van der Waals surface area contributed by atoms with Crippen LogP contribution in [0, 0.1) is 11.3 Å². The highest BCUT2D eigenvalue weighted by Gasteiger charge is 2.19. The molecule has 0 amide bonds. The van der Waals surface area contributed by atoms with Crippen LogP contribution in [0.4, 0.5) is 0 Å². The van der Waals surface area contributed by atoms with Crippen molar-refractivity contribution in [1.29, 1.82) is 5.26 Å². The van der Waals surface area contributed by atoms with Crippen molar-refractivity contribution >= 4 is 15.5 Å². The van der Waals surface area contributed by atoms with E-state index in [0.717, 1.165) is 22.6 Å². The molecule has 0 saturated carbocycles. The van der Waals surface area contributed by atoms with Crippen LogP contribution in [0.25, 0.3) is 16.9 Å². The summed E-state index contributed by atoms with van der Waals surface area (Å²) in [7, 11) is -3.01. The van der Waals surface area contributed by atoms with Gasteiger partial charge in [0.05, 0.1) is 28.8 Å². The highest BCUT2D eigenvalue weighted by Crippen LogP contribution is 2.29. The van der Waals surface area contributed by atoms with Crippen LogP contribution in [0.5, 0.6) is 0 Å². The van der Waals surface area contributed by atoms with E-state index in [4.69, 9.17) is 10.2 Å². The standard InChI is InChI=1S/C20H22N4O2S/c1-3-27(25,26)13-11-22-15(2)19-20(17-9-7-16(14-21)8-10-17)24-12-5-4-6-18(24)23-19/h4-10,12,15,22H,3,11,13H2,1-2H3. The molecular formula is C20H22N4O2S. The minimum absolute atomic E-state index is 0.105. The number of benzene rings is 1. The third-order valence-electron chi connectivity index (χ3n) is 4.56. The highest BCUT2D eigenvalue weighted by molar-refractivity contribution is 7.91. The quantitative estimate of drug-likeness (QED) is 0.679. The number of nitrogens with one attached hydrogen (secondary N) is 1. The predicted octanol–water partition coefficient (Wildman–Crippen LogP) is 2.96. The van der Waals surface area contributed by atoms with Crippen molar-refractivity contribution in [2.75, 3.05) is 18.1 Å². The first kappa shape index (κ1) is 19.1. The largest absolute Gasteiger partial charge is 0.308 e. The summed E-state index contributed by atoms with van der Waals surface area (Å²) in [6.45, 7) is 4.01. The van der Waals surface area contributed by atoms with Crippen LogP contribution in [0.3, 0.4) is 0 Å². The summed E-state index contributed by atoms with van der Waals surface area (Å²) in [5.74, 6) is 0.251. The second kappa shape index (κ2) is 7.91. The van der Waals surface area contributed by atoms with E-state index < -0.39 is 9.84 Å². The number of hydrogen-bond donors (Lipinski definition) is 1. The first-order valence-corrected chi connectivity index (χ1v) is 10.7. The fraction of sp³-hybridized carbons (Fsp3) is 0.300. The monoisotopic (exact) mass is 382 g/mol. The Balaban J connectivity index is 1.96. The van der Waals surface area contributed by atoms with E-state index in [1.54, 1.807) is 19.1 Å². The lowest BCUT2D eigenvalue weighted by Crippen LogP contribution is -2.27. The molecule has 0 radical (unpaired) electrons. The maximum Gasteiger partial charge on any atom is 0.151 e. The molecular weight excluding hydrogens is 360 g/mol. The number of aromatic nitrogens is 2. The predicted molar refractivity (Wildman–Crippen MR) is 106 cm³/mol. The van der Waals surface area contributed by atoms with Crippen LogP contribution in [-0.4, -0.2) is 35.9 Å². The number of fused-ring (bicyclic) bond motifs is 1.